The minimum absolute atomic E-state index is 0.00830. The molecule has 1 aliphatic heterocycles. The summed E-state index contributed by atoms with van der Waals surface area (Å²) in [7, 11) is 0. The molecule has 1 saturated heterocycles. The highest BCUT2D eigenvalue weighted by atomic mass is 16.5. The molecule has 1 aromatic heterocycles. The van der Waals surface area contributed by atoms with E-state index in [9.17, 15) is 54.0 Å². The Bertz CT molecular complexity index is 2140. The highest BCUT2D eigenvalue weighted by molar-refractivity contribution is 5.83. The van der Waals surface area contributed by atoms with Crippen LogP contribution in [0, 0.1) is 6.92 Å². The van der Waals surface area contributed by atoms with Crippen molar-refractivity contribution in [3.63, 3.8) is 0 Å². The fourth-order valence-electron chi connectivity index (χ4n) is 7.74. The van der Waals surface area contributed by atoms with Gasteiger partial charge < -0.3 is 46.4 Å². The molecule has 0 aliphatic carbocycles. The lowest BCUT2D eigenvalue weighted by Gasteiger charge is -2.35. The first-order valence-corrected chi connectivity index (χ1v) is 23.5. The Labute approximate surface area is 407 Å². The number of aromatic nitrogens is 3. The molecule has 1 aliphatic rings. The number of carboxylic acids is 4. The fraction of sp³-hybridized carbons (Fsp3) is 0.532. The highest BCUT2D eigenvalue weighted by Crippen LogP contribution is 2.26. The summed E-state index contributed by atoms with van der Waals surface area (Å²) in [5, 5.41) is 49.9. The van der Waals surface area contributed by atoms with Crippen LogP contribution in [0.15, 0.2) is 54.9 Å². The van der Waals surface area contributed by atoms with Crippen molar-refractivity contribution in [3.8, 4) is 17.1 Å². The van der Waals surface area contributed by atoms with Gasteiger partial charge in [0.05, 0.1) is 19.6 Å². The largest absolute Gasteiger partial charge is 0.480 e. The lowest BCUT2D eigenvalue weighted by molar-refractivity contribution is -0.145. The molecule has 0 bridgehead atoms. The average molecular weight is 978 g/mol. The topological polar surface area (TPSA) is 309 Å². The van der Waals surface area contributed by atoms with Gasteiger partial charge in [-0.2, -0.15) is 9.97 Å². The van der Waals surface area contributed by atoms with Gasteiger partial charge in [0.15, 0.2) is 0 Å². The summed E-state index contributed by atoms with van der Waals surface area (Å²) >= 11 is 0. The van der Waals surface area contributed by atoms with Crippen molar-refractivity contribution < 1.29 is 58.7 Å². The van der Waals surface area contributed by atoms with E-state index < -0.39 is 29.9 Å². The number of ether oxygens (including phenoxy) is 1. The number of anilines is 1. The average Bonchev–Trinajstić information content (AvgIpc) is 3.32. The van der Waals surface area contributed by atoms with Crippen molar-refractivity contribution in [2.45, 2.75) is 64.5 Å². The van der Waals surface area contributed by atoms with Crippen LogP contribution in [-0.2, 0) is 40.2 Å². The Morgan fingerprint density at radius 2 is 1.14 bits per heavy atom. The molecule has 70 heavy (non-hydrogen) atoms. The van der Waals surface area contributed by atoms with Crippen molar-refractivity contribution >= 4 is 47.5 Å². The van der Waals surface area contributed by atoms with Gasteiger partial charge in [0.25, 0.3) is 0 Å². The molecular weight excluding hydrogens is 911 g/mol. The van der Waals surface area contributed by atoms with Gasteiger partial charge >= 0.3 is 29.9 Å². The first kappa shape index (κ1) is 55.8. The van der Waals surface area contributed by atoms with Gasteiger partial charge in [-0.15, -0.1) is 0 Å². The van der Waals surface area contributed by atoms with E-state index in [1.807, 2.05) is 37.3 Å². The quantitative estimate of drug-likeness (QED) is 0.0468. The zero-order valence-electron chi connectivity index (χ0n) is 39.7. The van der Waals surface area contributed by atoms with E-state index in [-0.39, 0.29) is 141 Å². The Morgan fingerprint density at radius 1 is 0.614 bits per heavy atom. The number of rotatable bonds is 28. The van der Waals surface area contributed by atoms with E-state index >= 15 is 0 Å². The van der Waals surface area contributed by atoms with Gasteiger partial charge in [-0.25, -0.2) is 4.98 Å². The second kappa shape index (κ2) is 30.6. The summed E-state index contributed by atoms with van der Waals surface area (Å²) in [5.74, 6) is -5.06. The van der Waals surface area contributed by atoms with E-state index in [4.69, 9.17) is 4.74 Å². The molecule has 1 fully saturated rings. The number of aliphatic carboxylic acids is 4. The van der Waals surface area contributed by atoms with Crippen molar-refractivity contribution in [2.24, 2.45) is 0 Å². The molecule has 0 radical (unpaired) electrons. The third-order valence-corrected chi connectivity index (χ3v) is 11.6. The molecule has 1 unspecified atom stereocenters. The maximum atomic E-state index is 12.8. The van der Waals surface area contributed by atoms with Crippen LogP contribution < -0.4 is 26.0 Å². The number of amides is 3. The molecule has 8 N–H and O–H groups in total. The minimum Gasteiger partial charge on any atom is -0.480 e. The van der Waals surface area contributed by atoms with Crippen LogP contribution in [0.4, 0.5) is 5.95 Å². The molecular formula is C47H67N11O12. The van der Waals surface area contributed by atoms with Crippen LogP contribution in [-0.4, -0.2) is 201 Å². The second-order valence-corrected chi connectivity index (χ2v) is 16.8. The Morgan fingerprint density at radius 3 is 1.69 bits per heavy atom. The first-order valence-electron chi connectivity index (χ1n) is 23.5. The molecule has 0 spiro atoms. The minimum atomic E-state index is -1.18. The zero-order valence-corrected chi connectivity index (χ0v) is 39.7. The van der Waals surface area contributed by atoms with Gasteiger partial charge in [0.2, 0.25) is 23.7 Å². The Balaban J connectivity index is 1.08. The number of hydrogen-bond donors (Lipinski definition) is 8. The van der Waals surface area contributed by atoms with E-state index in [0.29, 0.717) is 38.9 Å². The molecule has 3 amide bonds. The van der Waals surface area contributed by atoms with Gasteiger partial charge in [0.1, 0.15) is 19.0 Å². The third-order valence-electron chi connectivity index (χ3n) is 11.6. The van der Waals surface area contributed by atoms with Crippen LogP contribution in [0.3, 0.4) is 0 Å². The second-order valence-electron chi connectivity index (χ2n) is 16.8. The number of unbranched alkanes of at least 4 members (excludes halogenated alkanes) is 2. The van der Waals surface area contributed by atoms with Gasteiger partial charge in [0, 0.05) is 97.8 Å². The van der Waals surface area contributed by atoms with Crippen LogP contribution >= 0.6 is 0 Å². The fourth-order valence-corrected chi connectivity index (χ4v) is 7.74. The monoisotopic (exact) mass is 977 g/mol. The number of nitrogens with zero attached hydrogens (tertiary/aromatic N) is 7. The maximum absolute atomic E-state index is 12.8. The molecule has 3 aromatic rings. The van der Waals surface area contributed by atoms with Crippen molar-refractivity contribution in [1.82, 2.24) is 50.5 Å². The highest BCUT2D eigenvalue weighted by Gasteiger charge is 2.28. The molecule has 1 atom stereocenters. The van der Waals surface area contributed by atoms with Gasteiger partial charge in [-0.1, -0.05) is 48.5 Å². The predicted octanol–water partition coefficient (Wildman–Crippen LogP) is 0.846. The predicted molar refractivity (Wildman–Crippen MR) is 256 cm³/mol. The molecule has 23 nitrogen and oxygen atoms in total. The van der Waals surface area contributed by atoms with E-state index in [0.717, 1.165) is 22.3 Å². The van der Waals surface area contributed by atoms with Crippen molar-refractivity contribution in [3.05, 3.63) is 66.0 Å². The SMILES string of the molecule is Cc1c(COc2ncnc(NCCNC(=O)CCC(=O)NCCCCCNC(=O)CCC(C(=O)O)N3CCN(CC(=O)O)CCN(CC(=O)O)CCN(CC(=O)O)CC3)n2)cccc1-c1ccccc1. The summed E-state index contributed by atoms with van der Waals surface area (Å²) in [4.78, 5) is 104. The molecule has 2 aromatic carbocycles. The van der Waals surface area contributed by atoms with Crippen LogP contribution in [0.5, 0.6) is 6.01 Å². The summed E-state index contributed by atoms with van der Waals surface area (Å²) in [5.41, 5.74) is 4.34. The Hall–Kier alpha value is -6.82. The number of nitrogens with one attached hydrogen (secondary N) is 4. The van der Waals surface area contributed by atoms with E-state index in [1.54, 1.807) is 19.6 Å². The number of carbonyl (C=O) groups is 7. The molecule has 382 valence electrons. The van der Waals surface area contributed by atoms with Crippen LogP contribution in [0.2, 0.25) is 0 Å². The van der Waals surface area contributed by atoms with Crippen molar-refractivity contribution in [1.29, 1.82) is 0 Å². The third kappa shape index (κ3) is 21.6. The van der Waals surface area contributed by atoms with Crippen molar-refractivity contribution in [2.75, 3.05) is 103 Å². The molecule has 4 rings (SSSR count). The zero-order chi connectivity index (χ0) is 50.7. The number of carboxylic acid groups (broad SMARTS) is 4. The Kier molecular flexibility index (Phi) is 24.4. The smallest absolute Gasteiger partial charge is 0.321 e. The van der Waals surface area contributed by atoms with Gasteiger partial charge in [-0.3, -0.25) is 53.2 Å². The van der Waals surface area contributed by atoms with Crippen LogP contribution in [0.25, 0.3) is 11.1 Å². The summed E-state index contributed by atoms with van der Waals surface area (Å²) < 4.78 is 5.87. The first-order chi connectivity index (χ1) is 33.7. The number of carbonyl (C=O) groups excluding carboxylic acids is 3. The summed E-state index contributed by atoms with van der Waals surface area (Å²) in [6, 6.07) is 15.2. The lowest BCUT2D eigenvalue weighted by atomic mass is 9.97. The van der Waals surface area contributed by atoms with E-state index in [1.165, 1.54) is 6.33 Å². The van der Waals surface area contributed by atoms with Gasteiger partial charge in [-0.05, 0) is 54.9 Å². The standard InChI is InChI=1S/C47H67N11O12/c1-34-36(11-8-12-37(34)35-9-4-2-5-10-35)32-70-47-53-33-52-46(54-47)51-20-19-50-41(61)16-15-40(60)49-18-7-3-6-17-48-39(59)14-13-38(45(68)69)58-27-25-56(30-43(64)65)23-21-55(29-42(62)63)22-24-57(26-28-58)31-44(66)67/h2,4-5,8-12,33,38H,3,6-7,13-32H2,1H3,(H,48,59)(H,49,60)(H,50,61)(H,62,63)(H,64,65)(H,66,67)(H,68,69)(H,51,52,53,54). The summed E-state index contributed by atoms with van der Waals surface area (Å²) in [6.45, 7) is 3.95. The lowest BCUT2D eigenvalue weighted by Crippen LogP contribution is -2.52. The molecule has 2 heterocycles. The number of benzene rings is 2. The normalized spacial score (nSPS) is 14.8. The maximum Gasteiger partial charge on any atom is 0.321 e. The van der Waals surface area contributed by atoms with Crippen LogP contribution in [0.1, 0.15) is 56.1 Å². The molecule has 23 heteroatoms. The number of hydrogen-bond acceptors (Lipinski definition) is 16. The molecule has 0 saturated carbocycles. The van der Waals surface area contributed by atoms with E-state index in [2.05, 4.69) is 54.4 Å². The summed E-state index contributed by atoms with van der Waals surface area (Å²) in [6.07, 6.45) is 3.15.